The van der Waals surface area contributed by atoms with Gasteiger partial charge >= 0.3 is 5.97 Å². The third kappa shape index (κ3) is 4.02. The molecule has 1 aliphatic rings. The number of carbonyl (C=O) groups excluding carboxylic acids is 2. The highest BCUT2D eigenvalue weighted by molar-refractivity contribution is 8.01. The molecule has 0 radical (unpaired) electrons. The van der Waals surface area contributed by atoms with Gasteiger partial charge in [0.05, 0.1) is 18.1 Å². The summed E-state index contributed by atoms with van der Waals surface area (Å²) in [4.78, 5) is 24.7. The molecule has 1 unspecified atom stereocenters. The van der Waals surface area contributed by atoms with Gasteiger partial charge in [0.15, 0.2) is 0 Å². The SMILES string of the molecule is COC(=O)CSC(C)C(=O)N1CCNCC1. The van der Waals surface area contributed by atoms with E-state index in [0.29, 0.717) is 0 Å². The van der Waals surface area contributed by atoms with Crippen molar-refractivity contribution in [1.82, 2.24) is 10.2 Å². The number of methoxy groups -OCH3 is 1. The van der Waals surface area contributed by atoms with Crippen molar-refractivity contribution in [2.45, 2.75) is 12.2 Å². The lowest BCUT2D eigenvalue weighted by Crippen LogP contribution is -2.48. The first-order valence-electron chi connectivity index (χ1n) is 5.33. The average molecular weight is 246 g/mol. The highest BCUT2D eigenvalue weighted by Crippen LogP contribution is 2.13. The number of piperazine rings is 1. The van der Waals surface area contributed by atoms with Crippen LogP contribution in [0.5, 0.6) is 0 Å². The fraction of sp³-hybridized carbons (Fsp3) is 0.800. The molecule has 0 aliphatic carbocycles. The van der Waals surface area contributed by atoms with Crippen LogP contribution in [-0.2, 0) is 14.3 Å². The summed E-state index contributed by atoms with van der Waals surface area (Å²) in [5.41, 5.74) is 0. The number of rotatable bonds is 4. The average Bonchev–Trinajstić information content (AvgIpc) is 2.35. The minimum absolute atomic E-state index is 0.107. The highest BCUT2D eigenvalue weighted by Gasteiger charge is 2.22. The van der Waals surface area contributed by atoms with Gasteiger partial charge < -0.3 is 15.0 Å². The zero-order valence-electron chi connectivity index (χ0n) is 9.69. The zero-order chi connectivity index (χ0) is 12.0. The van der Waals surface area contributed by atoms with E-state index in [1.807, 2.05) is 11.8 Å². The number of nitrogens with zero attached hydrogens (tertiary/aromatic N) is 1. The molecule has 0 aromatic carbocycles. The summed E-state index contributed by atoms with van der Waals surface area (Å²) in [6, 6.07) is 0. The molecule has 0 saturated carbocycles. The van der Waals surface area contributed by atoms with Gasteiger partial charge in [0.25, 0.3) is 0 Å². The zero-order valence-corrected chi connectivity index (χ0v) is 10.5. The molecule has 0 spiro atoms. The quantitative estimate of drug-likeness (QED) is 0.691. The third-order valence-electron chi connectivity index (χ3n) is 2.46. The molecule has 1 N–H and O–H groups in total. The predicted octanol–water partition coefficient (Wildman–Crippen LogP) is -0.287. The van der Waals surface area contributed by atoms with Gasteiger partial charge in [0, 0.05) is 26.2 Å². The molecule has 1 fully saturated rings. The Morgan fingerprint density at radius 3 is 2.62 bits per heavy atom. The lowest BCUT2D eigenvalue weighted by Gasteiger charge is -2.29. The Kier molecular flexibility index (Phi) is 5.62. The molecule has 0 aromatic heterocycles. The van der Waals surface area contributed by atoms with E-state index in [2.05, 4.69) is 10.1 Å². The van der Waals surface area contributed by atoms with Gasteiger partial charge in [-0.15, -0.1) is 11.8 Å². The molecule has 92 valence electrons. The Bertz CT molecular complexity index is 254. The third-order valence-corrected chi connectivity index (χ3v) is 3.56. The van der Waals surface area contributed by atoms with Crippen LogP contribution in [-0.4, -0.2) is 61.1 Å². The minimum Gasteiger partial charge on any atom is -0.468 e. The van der Waals surface area contributed by atoms with Crippen molar-refractivity contribution in [1.29, 1.82) is 0 Å². The van der Waals surface area contributed by atoms with E-state index in [-0.39, 0.29) is 22.9 Å². The van der Waals surface area contributed by atoms with E-state index in [1.165, 1.54) is 18.9 Å². The molecule has 16 heavy (non-hydrogen) atoms. The van der Waals surface area contributed by atoms with Gasteiger partial charge in [-0.2, -0.15) is 0 Å². The van der Waals surface area contributed by atoms with Crippen LogP contribution in [0.3, 0.4) is 0 Å². The second-order valence-electron chi connectivity index (χ2n) is 3.60. The Morgan fingerprint density at radius 1 is 1.44 bits per heavy atom. The molecule has 5 nitrogen and oxygen atoms in total. The molecule has 1 heterocycles. The van der Waals surface area contributed by atoms with Crippen molar-refractivity contribution in [3.05, 3.63) is 0 Å². The van der Waals surface area contributed by atoms with Crippen molar-refractivity contribution >= 4 is 23.6 Å². The van der Waals surface area contributed by atoms with Gasteiger partial charge in [-0.05, 0) is 6.92 Å². The lowest BCUT2D eigenvalue weighted by atomic mass is 10.3. The number of esters is 1. The number of hydrogen-bond acceptors (Lipinski definition) is 5. The maximum atomic E-state index is 11.9. The summed E-state index contributed by atoms with van der Waals surface area (Å²) >= 11 is 1.32. The number of ether oxygens (including phenoxy) is 1. The van der Waals surface area contributed by atoms with Gasteiger partial charge in [-0.1, -0.05) is 0 Å². The fourth-order valence-corrected chi connectivity index (χ4v) is 2.26. The van der Waals surface area contributed by atoms with E-state index < -0.39 is 0 Å². The monoisotopic (exact) mass is 246 g/mol. The van der Waals surface area contributed by atoms with Crippen molar-refractivity contribution in [3.8, 4) is 0 Å². The van der Waals surface area contributed by atoms with Gasteiger partial charge in [0.2, 0.25) is 5.91 Å². The second kappa shape index (κ2) is 6.75. The van der Waals surface area contributed by atoms with Crippen LogP contribution >= 0.6 is 11.8 Å². The summed E-state index contributed by atoms with van der Waals surface area (Å²) < 4.78 is 4.53. The maximum Gasteiger partial charge on any atom is 0.315 e. The number of hydrogen-bond donors (Lipinski definition) is 1. The normalized spacial score (nSPS) is 18.0. The molecule has 0 bridgehead atoms. The first kappa shape index (κ1) is 13.3. The van der Waals surface area contributed by atoms with Crippen LogP contribution in [0, 0.1) is 0 Å². The predicted molar refractivity (Wildman–Crippen MR) is 63.4 cm³/mol. The van der Waals surface area contributed by atoms with Crippen LogP contribution in [0.2, 0.25) is 0 Å². The number of carbonyl (C=O) groups is 2. The topological polar surface area (TPSA) is 58.6 Å². The first-order valence-corrected chi connectivity index (χ1v) is 6.38. The Morgan fingerprint density at radius 2 is 2.06 bits per heavy atom. The molecule has 1 rings (SSSR count). The van der Waals surface area contributed by atoms with Gasteiger partial charge in [-0.3, -0.25) is 9.59 Å². The molecule has 0 aromatic rings. The first-order chi connectivity index (χ1) is 7.65. The Labute approximate surface area is 99.9 Å². The molecule has 1 saturated heterocycles. The number of thioether (sulfide) groups is 1. The van der Waals surface area contributed by atoms with Crippen LogP contribution < -0.4 is 5.32 Å². The Hall–Kier alpha value is -0.750. The summed E-state index contributed by atoms with van der Waals surface area (Å²) in [6.45, 7) is 5.03. The van der Waals surface area contributed by atoms with Gasteiger partial charge in [0.1, 0.15) is 0 Å². The standard InChI is InChI=1S/C10H18N2O3S/c1-8(16-7-9(13)15-2)10(14)12-5-3-11-4-6-12/h8,11H,3-7H2,1-2H3. The molecule has 1 atom stereocenters. The van der Waals surface area contributed by atoms with Crippen molar-refractivity contribution in [2.24, 2.45) is 0 Å². The molecule has 1 aliphatic heterocycles. The largest absolute Gasteiger partial charge is 0.468 e. The molecule has 6 heteroatoms. The van der Waals surface area contributed by atoms with Crippen LogP contribution in [0.4, 0.5) is 0 Å². The van der Waals surface area contributed by atoms with E-state index in [0.717, 1.165) is 26.2 Å². The minimum atomic E-state index is -0.287. The molecular weight excluding hydrogens is 228 g/mol. The van der Waals surface area contributed by atoms with E-state index in [4.69, 9.17) is 0 Å². The van der Waals surface area contributed by atoms with Crippen molar-refractivity contribution in [3.63, 3.8) is 0 Å². The molecule has 1 amide bonds. The van der Waals surface area contributed by atoms with Crippen LogP contribution in [0.25, 0.3) is 0 Å². The second-order valence-corrected chi connectivity index (χ2v) is 4.93. The lowest BCUT2D eigenvalue weighted by molar-refractivity contribution is -0.137. The summed E-state index contributed by atoms with van der Waals surface area (Å²) in [7, 11) is 1.35. The maximum absolute atomic E-state index is 11.9. The molecular formula is C10H18N2O3S. The highest BCUT2D eigenvalue weighted by atomic mass is 32.2. The van der Waals surface area contributed by atoms with Crippen LogP contribution in [0.1, 0.15) is 6.92 Å². The van der Waals surface area contributed by atoms with Gasteiger partial charge in [-0.25, -0.2) is 0 Å². The van der Waals surface area contributed by atoms with Crippen molar-refractivity contribution < 1.29 is 14.3 Å². The summed E-state index contributed by atoms with van der Waals surface area (Å²) in [6.07, 6.45) is 0. The van der Waals surface area contributed by atoms with Crippen LogP contribution in [0.15, 0.2) is 0 Å². The number of amides is 1. The smallest absolute Gasteiger partial charge is 0.315 e. The van der Waals surface area contributed by atoms with E-state index >= 15 is 0 Å². The van der Waals surface area contributed by atoms with Crippen molar-refractivity contribution in [2.75, 3.05) is 39.0 Å². The summed E-state index contributed by atoms with van der Waals surface area (Å²) in [5, 5.41) is 3.01. The number of nitrogens with one attached hydrogen (secondary N) is 1. The fourth-order valence-electron chi connectivity index (χ4n) is 1.47. The summed E-state index contributed by atoms with van der Waals surface area (Å²) in [5.74, 6) is 0.0514. The van der Waals surface area contributed by atoms with E-state index in [9.17, 15) is 9.59 Å². The van der Waals surface area contributed by atoms with E-state index in [1.54, 1.807) is 0 Å². The Balaban J connectivity index is 2.31.